The number of ether oxygens (including phenoxy) is 1. The lowest BCUT2D eigenvalue weighted by Gasteiger charge is -2.28. The first kappa shape index (κ1) is 12.6. The predicted molar refractivity (Wildman–Crippen MR) is 56.2 cm³/mol. The van der Waals surface area contributed by atoms with Crippen LogP contribution in [-0.4, -0.2) is 18.8 Å². The topological polar surface area (TPSA) is 47.3 Å². The first-order chi connectivity index (χ1) is 5.91. The lowest BCUT2D eigenvalue weighted by atomic mass is 9.95. The molecule has 0 aromatic heterocycles. The SMILES string of the molecule is C=C(C)CC(CC(C)(C)OC)NN. The first-order valence-electron chi connectivity index (χ1n) is 4.57. The highest BCUT2D eigenvalue weighted by Crippen LogP contribution is 2.18. The van der Waals surface area contributed by atoms with Gasteiger partial charge in [0.2, 0.25) is 0 Å². The number of hydrogen-bond acceptors (Lipinski definition) is 3. The summed E-state index contributed by atoms with van der Waals surface area (Å²) in [5.74, 6) is 5.44. The van der Waals surface area contributed by atoms with Gasteiger partial charge in [-0.3, -0.25) is 11.3 Å². The zero-order chi connectivity index (χ0) is 10.5. The summed E-state index contributed by atoms with van der Waals surface area (Å²) < 4.78 is 5.33. The van der Waals surface area contributed by atoms with Crippen molar-refractivity contribution in [2.45, 2.75) is 45.3 Å². The third kappa shape index (κ3) is 5.80. The van der Waals surface area contributed by atoms with Crippen molar-refractivity contribution in [3.05, 3.63) is 12.2 Å². The van der Waals surface area contributed by atoms with Gasteiger partial charge < -0.3 is 4.74 Å². The summed E-state index contributed by atoms with van der Waals surface area (Å²) in [6.07, 6.45) is 1.77. The molecule has 0 heterocycles. The van der Waals surface area contributed by atoms with Crippen molar-refractivity contribution < 1.29 is 4.74 Å². The molecule has 0 aliphatic carbocycles. The molecular formula is C10H22N2O. The second-order valence-corrected chi connectivity index (χ2v) is 4.19. The van der Waals surface area contributed by atoms with E-state index >= 15 is 0 Å². The van der Waals surface area contributed by atoms with E-state index in [-0.39, 0.29) is 11.6 Å². The molecule has 1 unspecified atom stereocenters. The molecule has 0 amide bonds. The Labute approximate surface area is 81.3 Å². The van der Waals surface area contributed by atoms with Crippen molar-refractivity contribution in [3.63, 3.8) is 0 Å². The maximum absolute atomic E-state index is 5.44. The van der Waals surface area contributed by atoms with Crippen molar-refractivity contribution >= 4 is 0 Å². The van der Waals surface area contributed by atoms with Crippen LogP contribution in [0.25, 0.3) is 0 Å². The number of hydrogen-bond donors (Lipinski definition) is 2. The Balaban J connectivity index is 4.04. The van der Waals surface area contributed by atoms with Crippen molar-refractivity contribution in [2.24, 2.45) is 5.84 Å². The second kappa shape index (κ2) is 5.37. The third-order valence-corrected chi connectivity index (χ3v) is 2.12. The van der Waals surface area contributed by atoms with E-state index < -0.39 is 0 Å². The molecule has 0 aliphatic heterocycles. The van der Waals surface area contributed by atoms with Gasteiger partial charge in [0.25, 0.3) is 0 Å². The molecule has 0 saturated carbocycles. The Morgan fingerprint density at radius 1 is 1.62 bits per heavy atom. The minimum Gasteiger partial charge on any atom is -0.379 e. The Kier molecular flexibility index (Phi) is 5.21. The number of nitrogens with two attached hydrogens (primary N) is 1. The molecule has 0 aromatic rings. The zero-order valence-electron chi connectivity index (χ0n) is 9.18. The average molecular weight is 186 g/mol. The van der Waals surface area contributed by atoms with Gasteiger partial charge in [0, 0.05) is 13.2 Å². The van der Waals surface area contributed by atoms with E-state index in [0.717, 1.165) is 18.4 Å². The van der Waals surface area contributed by atoms with Crippen LogP contribution in [0.5, 0.6) is 0 Å². The fraction of sp³-hybridized carbons (Fsp3) is 0.800. The molecule has 13 heavy (non-hydrogen) atoms. The summed E-state index contributed by atoms with van der Waals surface area (Å²) in [6, 6.07) is 0.243. The van der Waals surface area contributed by atoms with Gasteiger partial charge in [-0.05, 0) is 33.6 Å². The molecule has 0 rings (SSSR count). The fourth-order valence-corrected chi connectivity index (χ4v) is 1.29. The minimum atomic E-state index is -0.132. The normalized spacial score (nSPS) is 14.2. The van der Waals surface area contributed by atoms with Crippen molar-refractivity contribution in [1.82, 2.24) is 5.43 Å². The fourth-order valence-electron chi connectivity index (χ4n) is 1.29. The molecule has 0 spiro atoms. The van der Waals surface area contributed by atoms with Crippen LogP contribution in [0.1, 0.15) is 33.6 Å². The number of rotatable bonds is 6. The van der Waals surface area contributed by atoms with Crippen LogP contribution in [0.4, 0.5) is 0 Å². The van der Waals surface area contributed by atoms with Crippen molar-refractivity contribution in [3.8, 4) is 0 Å². The quantitative estimate of drug-likeness (QED) is 0.376. The number of nitrogens with one attached hydrogen (secondary N) is 1. The van der Waals surface area contributed by atoms with Crippen LogP contribution in [0.2, 0.25) is 0 Å². The molecule has 0 bridgehead atoms. The highest BCUT2D eigenvalue weighted by molar-refractivity contribution is 4.94. The van der Waals surface area contributed by atoms with E-state index in [9.17, 15) is 0 Å². The molecule has 1 atom stereocenters. The Morgan fingerprint density at radius 3 is 2.46 bits per heavy atom. The maximum atomic E-state index is 5.44. The van der Waals surface area contributed by atoms with Gasteiger partial charge in [0.15, 0.2) is 0 Å². The van der Waals surface area contributed by atoms with Crippen LogP contribution in [0.3, 0.4) is 0 Å². The van der Waals surface area contributed by atoms with Gasteiger partial charge in [-0.1, -0.05) is 5.57 Å². The number of hydrazine groups is 1. The van der Waals surface area contributed by atoms with E-state index in [0.29, 0.717) is 0 Å². The van der Waals surface area contributed by atoms with Crippen molar-refractivity contribution in [1.29, 1.82) is 0 Å². The maximum Gasteiger partial charge on any atom is 0.0638 e. The molecule has 3 nitrogen and oxygen atoms in total. The standard InChI is InChI=1S/C10H22N2O/c1-8(2)6-9(12-11)7-10(3,4)13-5/h9,12H,1,6-7,11H2,2-5H3. The van der Waals surface area contributed by atoms with Crippen LogP contribution in [0.15, 0.2) is 12.2 Å². The van der Waals surface area contributed by atoms with Crippen molar-refractivity contribution in [2.75, 3.05) is 7.11 Å². The Bertz CT molecular complexity index is 166. The molecule has 0 aromatic carbocycles. The first-order valence-corrected chi connectivity index (χ1v) is 4.57. The third-order valence-electron chi connectivity index (χ3n) is 2.12. The molecular weight excluding hydrogens is 164 g/mol. The summed E-state index contributed by atoms with van der Waals surface area (Å²) >= 11 is 0. The summed E-state index contributed by atoms with van der Waals surface area (Å²) in [5, 5.41) is 0. The van der Waals surface area contributed by atoms with E-state index in [1.165, 1.54) is 0 Å². The Morgan fingerprint density at radius 2 is 2.15 bits per heavy atom. The number of methoxy groups -OCH3 is 1. The van der Waals surface area contributed by atoms with E-state index in [2.05, 4.69) is 25.9 Å². The van der Waals surface area contributed by atoms with Crippen LogP contribution >= 0.6 is 0 Å². The summed E-state index contributed by atoms with van der Waals surface area (Å²) in [6.45, 7) is 9.97. The molecule has 0 aliphatic rings. The van der Waals surface area contributed by atoms with E-state index in [4.69, 9.17) is 10.6 Å². The average Bonchev–Trinajstić information content (AvgIpc) is 2.02. The van der Waals surface area contributed by atoms with Crippen LogP contribution in [0, 0.1) is 0 Å². The predicted octanol–water partition coefficient (Wildman–Crippen LogP) is 1.60. The van der Waals surface area contributed by atoms with E-state index in [1.54, 1.807) is 7.11 Å². The highest BCUT2D eigenvalue weighted by Gasteiger charge is 2.21. The highest BCUT2D eigenvalue weighted by atomic mass is 16.5. The summed E-state index contributed by atoms with van der Waals surface area (Å²) in [4.78, 5) is 0. The molecule has 78 valence electrons. The molecule has 3 heteroatoms. The van der Waals surface area contributed by atoms with Gasteiger partial charge in [0.05, 0.1) is 5.60 Å². The molecule has 0 fully saturated rings. The van der Waals surface area contributed by atoms with Gasteiger partial charge in [-0.15, -0.1) is 6.58 Å². The lowest BCUT2D eigenvalue weighted by Crippen LogP contribution is -2.41. The van der Waals surface area contributed by atoms with E-state index in [1.807, 2.05) is 6.92 Å². The minimum absolute atomic E-state index is 0.132. The lowest BCUT2D eigenvalue weighted by molar-refractivity contribution is 0.00713. The second-order valence-electron chi connectivity index (χ2n) is 4.19. The van der Waals surface area contributed by atoms with Gasteiger partial charge in [-0.2, -0.15) is 0 Å². The largest absolute Gasteiger partial charge is 0.379 e. The summed E-state index contributed by atoms with van der Waals surface area (Å²) in [7, 11) is 1.72. The van der Waals surface area contributed by atoms with Crippen LogP contribution < -0.4 is 11.3 Å². The van der Waals surface area contributed by atoms with Gasteiger partial charge in [-0.25, -0.2) is 0 Å². The molecule has 0 saturated heterocycles. The monoisotopic (exact) mass is 186 g/mol. The zero-order valence-corrected chi connectivity index (χ0v) is 9.18. The summed E-state index contributed by atoms with van der Waals surface area (Å²) in [5.41, 5.74) is 3.78. The smallest absolute Gasteiger partial charge is 0.0638 e. The van der Waals surface area contributed by atoms with Crippen LogP contribution in [-0.2, 0) is 4.74 Å². The molecule has 0 radical (unpaired) electrons. The van der Waals surface area contributed by atoms with Gasteiger partial charge in [0.1, 0.15) is 0 Å². The van der Waals surface area contributed by atoms with Gasteiger partial charge >= 0.3 is 0 Å². The molecule has 3 N–H and O–H groups in total. The Hall–Kier alpha value is -0.380.